The molecule has 3 nitrogen and oxygen atoms in total. The molecule has 6 heteroatoms. The fraction of sp³-hybridized carbons (Fsp3) is 0.368. The lowest BCUT2D eigenvalue weighted by atomic mass is 10.0. The van der Waals surface area contributed by atoms with Crippen LogP contribution in [0.4, 0.5) is 30.2 Å². The quantitative estimate of drug-likeness (QED) is 0.598. The highest BCUT2D eigenvalue weighted by molar-refractivity contribution is 5.60. The summed E-state index contributed by atoms with van der Waals surface area (Å²) in [7, 11) is 0. The summed E-state index contributed by atoms with van der Waals surface area (Å²) in [5.41, 5.74) is 2.94. The first kappa shape index (κ1) is 17.5. The number of alkyl halides is 3. The van der Waals surface area contributed by atoms with Crippen molar-refractivity contribution in [2.45, 2.75) is 32.4 Å². The SMILES string of the molecule is CCCN1CCCc2cc(N=Nc3ccc(C(F)(F)F)cc3)ccc21. The zero-order chi connectivity index (χ0) is 17.9. The van der Waals surface area contributed by atoms with Gasteiger partial charge in [-0.2, -0.15) is 23.4 Å². The Bertz CT molecular complexity index is 751. The van der Waals surface area contributed by atoms with Gasteiger partial charge in [0, 0.05) is 18.8 Å². The molecule has 25 heavy (non-hydrogen) atoms. The van der Waals surface area contributed by atoms with Crippen LogP contribution < -0.4 is 4.90 Å². The Kier molecular flexibility index (Phi) is 5.06. The number of benzene rings is 2. The maximum absolute atomic E-state index is 12.6. The van der Waals surface area contributed by atoms with E-state index in [1.807, 2.05) is 12.1 Å². The van der Waals surface area contributed by atoms with Crippen LogP contribution in [0.25, 0.3) is 0 Å². The van der Waals surface area contributed by atoms with E-state index in [9.17, 15) is 13.2 Å². The van der Waals surface area contributed by atoms with Gasteiger partial charge in [-0.25, -0.2) is 0 Å². The van der Waals surface area contributed by atoms with Crippen molar-refractivity contribution in [3.8, 4) is 0 Å². The lowest BCUT2D eigenvalue weighted by Gasteiger charge is -2.31. The van der Waals surface area contributed by atoms with Gasteiger partial charge in [-0.3, -0.25) is 0 Å². The zero-order valence-corrected chi connectivity index (χ0v) is 14.1. The molecule has 0 saturated carbocycles. The van der Waals surface area contributed by atoms with Gasteiger partial charge in [0.25, 0.3) is 0 Å². The van der Waals surface area contributed by atoms with Crippen molar-refractivity contribution in [2.24, 2.45) is 10.2 Å². The molecule has 0 radical (unpaired) electrons. The van der Waals surface area contributed by atoms with Gasteiger partial charge in [-0.05, 0) is 67.3 Å². The largest absolute Gasteiger partial charge is 0.416 e. The van der Waals surface area contributed by atoms with Gasteiger partial charge in [0.05, 0.1) is 16.9 Å². The summed E-state index contributed by atoms with van der Waals surface area (Å²) in [5.74, 6) is 0. The number of nitrogens with zero attached hydrogens (tertiary/aromatic N) is 3. The summed E-state index contributed by atoms with van der Waals surface area (Å²) in [5, 5.41) is 8.22. The van der Waals surface area contributed by atoms with E-state index < -0.39 is 11.7 Å². The second kappa shape index (κ2) is 7.25. The topological polar surface area (TPSA) is 28.0 Å². The molecule has 0 aromatic heterocycles. The van der Waals surface area contributed by atoms with Gasteiger partial charge in [0.2, 0.25) is 0 Å². The summed E-state index contributed by atoms with van der Waals surface area (Å²) in [6.07, 6.45) is -1.10. The maximum atomic E-state index is 12.6. The molecule has 2 aromatic carbocycles. The van der Waals surface area contributed by atoms with Crippen LogP contribution in [0, 0.1) is 0 Å². The van der Waals surface area contributed by atoms with E-state index in [2.05, 4.69) is 28.1 Å². The van der Waals surface area contributed by atoms with Crippen molar-refractivity contribution in [1.29, 1.82) is 0 Å². The highest BCUT2D eigenvalue weighted by Crippen LogP contribution is 2.32. The molecule has 0 fully saturated rings. The summed E-state index contributed by atoms with van der Waals surface area (Å²) in [4.78, 5) is 2.38. The number of hydrogen-bond acceptors (Lipinski definition) is 3. The van der Waals surface area contributed by atoms with Crippen LogP contribution in [0.15, 0.2) is 52.7 Å². The molecule has 0 N–H and O–H groups in total. The van der Waals surface area contributed by atoms with Crippen molar-refractivity contribution in [3.63, 3.8) is 0 Å². The van der Waals surface area contributed by atoms with Crippen molar-refractivity contribution >= 4 is 17.1 Å². The number of rotatable bonds is 4. The Morgan fingerprint density at radius 3 is 2.36 bits per heavy atom. The van der Waals surface area contributed by atoms with Crippen molar-refractivity contribution in [1.82, 2.24) is 0 Å². The van der Waals surface area contributed by atoms with Crippen LogP contribution in [-0.4, -0.2) is 13.1 Å². The fourth-order valence-electron chi connectivity index (χ4n) is 3.06. The molecule has 1 aliphatic rings. The third-order valence-electron chi connectivity index (χ3n) is 4.25. The van der Waals surface area contributed by atoms with Crippen LogP contribution in [0.5, 0.6) is 0 Å². The van der Waals surface area contributed by atoms with Gasteiger partial charge in [-0.15, -0.1) is 0 Å². The summed E-state index contributed by atoms with van der Waals surface area (Å²) in [6.45, 7) is 4.29. The van der Waals surface area contributed by atoms with Gasteiger partial charge < -0.3 is 4.90 Å². The fourth-order valence-corrected chi connectivity index (χ4v) is 3.06. The molecule has 0 amide bonds. The average molecular weight is 347 g/mol. The maximum Gasteiger partial charge on any atom is 0.416 e. The number of azo groups is 1. The molecular formula is C19H20F3N3. The molecule has 3 rings (SSSR count). The van der Waals surface area contributed by atoms with Crippen LogP contribution in [0.3, 0.4) is 0 Å². The van der Waals surface area contributed by atoms with E-state index in [1.54, 1.807) is 0 Å². The number of anilines is 1. The standard InChI is InChI=1S/C19H20F3N3/c1-2-11-25-12-3-4-14-13-17(9-10-18(14)25)24-23-16-7-5-15(6-8-16)19(20,21)22/h5-10,13H,2-4,11-12H2,1H3. The molecule has 0 atom stereocenters. The van der Waals surface area contributed by atoms with E-state index in [4.69, 9.17) is 0 Å². The number of halogens is 3. The van der Waals surface area contributed by atoms with Crippen LogP contribution in [0.1, 0.15) is 30.9 Å². The first-order valence-electron chi connectivity index (χ1n) is 8.44. The van der Waals surface area contributed by atoms with E-state index >= 15 is 0 Å². The molecule has 0 unspecified atom stereocenters. The van der Waals surface area contributed by atoms with Crippen LogP contribution >= 0.6 is 0 Å². The second-order valence-corrected chi connectivity index (χ2v) is 6.15. The molecule has 1 heterocycles. The van der Waals surface area contributed by atoms with Gasteiger partial charge >= 0.3 is 6.18 Å². The smallest absolute Gasteiger partial charge is 0.371 e. The first-order chi connectivity index (χ1) is 12.0. The number of hydrogen-bond donors (Lipinski definition) is 0. The van der Waals surface area contributed by atoms with E-state index in [-0.39, 0.29) is 0 Å². The second-order valence-electron chi connectivity index (χ2n) is 6.15. The minimum atomic E-state index is -4.33. The molecular weight excluding hydrogens is 327 g/mol. The predicted octanol–water partition coefficient (Wildman–Crippen LogP) is 6.28. The minimum Gasteiger partial charge on any atom is -0.371 e. The third kappa shape index (κ3) is 4.18. The molecule has 132 valence electrons. The monoisotopic (exact) mass is 347 g/mol. The Hall–Kier alpha value is -2.37. The predicted molar refractivity (Wildman–Crippen MR) is 92.9 cm³/mol. The Balaban J connectivity index is 1.76. The normalized spacial score (nSPS) is 14.8. The van der Waals surface area contributed by atoms with E-state index in [0.29, 0.717) is 5.69 Å². The molecule has 0 bridgehead atoms. The van der Waals surface area contributed by atoms with E-state index in [1.165, 1.54) is 23.4 Å². The lowest BCUT2D eigenvalue weighted by molar-refractivity contribution is -0.137. The molecule has 0 spiro atoms. The summed E-state index contributed by atoms with van der Waals surface area (Å²) in [6, 6.07) is 10.7. The Morgan fingerprint density at radius 2 is 1.68 bits per heavy atom. The summed E-state index contributed by atoms with van der Waals surface area (Å²) < 4.78 is 37.7. The third-order valence-corrected chi connectivity index (χ3v) is 4.25. The Morgan fingerprint density at radius 1 is 1.00 bits per heavy atom. The molecule has 0 saturated heterocycles. The molecule has 0 aliphatic carbocycles. The van der Waals surface area contributed by atoms with Crippen molar-refractivity contribution in [2.75, 3.05) is 18.0 Å². The van der Waals surface area contributed by atoms with Crippen molar-refractivity contribution in [3.05, 3.63) is 53.6 Å². The van der Waals surface area contributed by atoms with Crippen LogP contribution in [-0.2, 0) is 12.6 Å². The Labute approximate surface area is 145 Å². The van der Waals surface area contributed by atoms with Crippen LogP contribution in [0.2, 0.25) is 0 Å². The average Bonchev–Trinajstić information content (AvgIpc) is 2.60. The highest BCUT2D eigenvalue weighted by Gasteiger charge is 2.29. The highest BCUT2D eigenvalue weighted by atomic mass is 19.4. The lowest BCUT2D eigenvalue weighted by Crippen LogP contribution is -2.29. The minimum absolute atomic E-state index is 0.401. The van der Waals surface area contributed by atoms with Gasteiger partial charge in [0.1, 0.15) is 0 Å². The summed E-state index contributed by atoms with van der Waals surface area (Å²) >= 11 is 0. The van der Waals surface area contributed by atoms with E-state index in [0.717, 1.165) is 50.2 Å². The first-order valence-corrected chi connectivity index (χ1v) is 8.44. The number of fused-ring (bicyclic) bond motifs is 1. The number of aryl methyl sites for hydroxylation is 1. The molecule has 2 aromatic rings. The van der Waals surface area contributed by atoms with Gasteiger partial charge in [0.15, 0.2) is 0 Å². The van der Waals surface area contributed by atoms with Gasteiger partial charge in [-0.1, -0.05) is 6.92 Å². The molecule has 1 aliphatic heterocycles. The van der Waals surface area contributed by atoms with Crippen molar-refractivity contribution < 1.29 is 13.2 Å². The zero-order valence-electron chi connectivity index (χ0n) is 14.1.